The number of benzene rings is 1. The lowest BCUT2D eigenvalue weighted by Gasteiger charge is -2.03. The van der Waals surface area contributed by atoms with Gasteiger partial charge < -0.3 is 24.1 Å². The lowest BCUT2D eigenvalue weighted by Crippen LogP contribution is -2.09. The Hall–Kier alpha value is -3.98. The highest BCUT2D eigenvalue weighted by Gasteiger charge is 2.24. The molecule has 9 nitrogen and oxygen atoms in total. The van der Waals surface area contributed by atoms with Crippen molar-refractivity contribution in [2.75, 3.05) is 20.3 Å². The van der Waals surface area contributed by atoms with Gasteiger partial charge in [0, 0.05) is 22.3 Å². The van der Waals surface area contributed by atoms with Crippen molar-refractivity contribution >= 4 is 23.9 Å². The number of carbonyl (C=O) groups is 4. The van der Waals surface area contributed by atoms with Gasteiger partial charge in [-0.05, 0) is 33.3 Å². The molecule has 1 heterocycles. The van der Waals surface area contributed by atoms with Crippen molar-refractivity contribution in [1.29, 1.82) is 0 Å². The Balaban J connectivity index is 0. The normalized spacial score (nSPS) is 12.2. The van der Waals surface area contributed by atoms with Crippen LogP contribution in [0.25, 0.3) is 0 Å². The molecule has 36 heavy (non-hydrogen) atoms. The first-order valence-electron chi connectivity index (χ1n) is 10.7. The molecular weight excluding hydrogens is 468 g/mol. The SMILES string of the molecule is C=C(C)C(=O)O.C=C(C)C(=O)OC.C=C(C)C(=O)OCC1CO1.C=C(C)C(=O)OCc1ccccc1. The van der Waals surface area contributed by atoms with Crippen LogP contribution in [0.3, 0.4) is 0 Å². The van der Waals surface area contributed by atoms with Crippen LogP contribution in [0.15, 0.2) is 78.9 Å². The quantitative estimate of drug-likeness (QED) is 0.240. The third-order valence-electron chi connectivity index (χ3n) is 3.61. The van der Waals surface area contributed by atoms with E-state index in [1.807, 2.05) is 30.3 Å². The number of carbonyl (C=O) groups excluding carboxylic acids is 3. The fourth-order valence-corrected chi connectivity index (χ4v) is 1.48. The van der Waals surface area contributed by atoms with Crippen molar-refractivity contribution in [2.45, 2.75) is 40.4 Å². The Labute approximate surface area is 212 Å². The fourth-order valence-electron chi connectivity index (χ4n) is 1.48. The molecule has 198 valence electrons. The van der Waals surface area contributed by atoms with Crippen molar-refractivity contribution in [3.8, 4) is 0 Å². The summed E-state index contributed by atoms with van der Waals surface area (Å²) in [4.78, 5) is 41.5. The molecule has 1 aromatic rings. The predicted octanol–water partition coefficient (Wildman–Crippen LogP) is 4.19. The Bertz CT molecular complexity index is 914. The van der Waals surface area contributed by atoms with Gasteiger partial charge in [-0.2, -0.15) is 0 Å². The van der Waals surface area contributed by atoms with Crippen molar-refractivity contribution in [2.24, 2.45) is 0 Å². The van der Waals surface area contributed by atoms with E-state index < -0.39 is 5.97 Å². The van der Waals surface area contributed by atoms with Crippen LogP contribution < -0.4 is 0 Å². The molecule has 1 aliphatic heterocycles. The number of hydrogen-bond acceptors (Lipinski definition) is 8. The van der Waals surface area contributed by atoms with Gasteiger partial charge in [0.25, 0.3) is 0 Å². The summed E-state index contributed by atoms with van der Waals surface area (Å²) < 4.78 is 18.8. The van der Waals surface area contributed by atoms with E-state index >= 15 is 0 Å². The van der Waals surface area contributed by atoms with E-state index in [0.29, 0.717) is 36.5 Å². The number of rotatable bonds is 8. The third kappa shape index (κ3) is 20.6. The number of carboxylic acids is 1. The second-order valence-electron chi connectivity index (χ2n) is 7.53. The molecule has 9 heteroatoms. The average molecular weight is 505 g/mol. The van der Waals surface area contributed by atoms with Crippen LogP contribution >= 0.6 is 0 Å². The van der Waals surface area contributed by atoms with Gasteiger partial charge in [0.1, 0.15) is 19.3 Å². The van der Waals surface area contributed by atoms with Gasteiger partial charge in [-0.1, -0.05) is 56.6 Å². The second kappa shape index (κ2) is 19.3. The molecular formula is C27H36O9. The van der Waals surface area contributed by atoms with Crippen LogP contribution in [0.4, 0.5) is 0 Å². The summed E-state index contributed by atoms with van der Waals surface area (Å²) in [7, 11) is 1.33. The van der Waals surface area contributed by atoms with Crippen LogP contribution in [0, 0.1) is 0 Å². The van der Waals surface area contributed by atoms with E-state index in [2.05, 4.69) is 31.1 Å². The maximum atomic E-state index is 11.0. The van der Waals surface area contributed by atoms with Crippen LogP contribution in [0.2, 0.25) is 0 Å². The van der Waals surface area contributed by atoms with Gasteiger partial charge in [0.15, 0.2) is 0 Å². The number of epoxide rings is 1. The molecule has 0 spiro atoms. The minimum absolute atomic E-state index is 0.142. The molecule has 1 N–H and O–H groups in total. The topological polar surface area (TPSA) is 129 Å². The molecule has 1 saturated heterocycles. The lowest BCUT2D eigenvalue weighted by molar-refractivity contribution is -0.140. The van der Waals surface area contributed by atoms with Gasteiger partial charge in [-0.3, -0.25) is 0 Å². The maximum Gasteiger partial charge on any atom is 0.333 e. The highest BCUT2D eigenvalue weighted by atomic mass is 16.6. The second-order valence-corrected chi connectivity index (χ2v) is 7.53. The van der Waals surface area contributed by atoms with Crippen molar-refractivity contribution in [3.05, 3.63) is 84.5 Å². The van der Waals surface area contributed by atoms with Gasteiger partial charge in [0.2, 0.25) is 0 Å². The molecule has 0 radical (unpaired) electrons. The molecule has 1 unspecified atom stereocenters. The summed E-state index contributed by atoms with van der Waals surface area (Å²) in [6.45, 7) is 21.1. The van der Waals surface area contributed by atoms with Crippen molar-refractivity contribution in [1.82, 2.24) is 0 Å². The highest BCUT2D eigenvalue weighted by Crippen LogP contribution is 2.09. The molecule has 0 aromatic heterocycles. The van der Waals surface area contributed by atoms with E-state index in [0.717, 1.165) is 5.56 Å². The van der Waals surface area contributed by atoms with Crippen LogP contribution in [-0.4, -0.2) is 55.4 Å². The molecule has 0 amide bonds. The van der Waals surface area contributed by atoms with Crippen molar-refractivity contribution in [3.63, 3.8) is 0 Å². The monoisotopic (exact) mass is 504 g/mol. The number of hydrogen-bond donors (Lipinski definition) is 1. The summed E-state index contributed by atoms with van der Waals surface area (Å²) in [5, 5.41) is 7.89. The van der Waals surface area contributed by atoms with Gasteiger partial charge >= 0.3 is 23.9 Å². The number of methoxy groups -OCH3 is 1. The predicted molar refractivity (Wildman–Crippen MR) is 136 cm³/mol. The zero-order chi connectivity index (χ0) is 28.3. The Morgan fingerprint density at radius 1 is 0.833 bits per heavy atom. The Morgan fingerprint density at radius 3 is 1.56 bits per heavy atom. The highest BCUT2D eigenvalue weighted by molar-refractivity contribution is 5.87. The Kier molecular flexibility index (Phi) is 18.4. The number of aliphatic carboxylic acids is 1. The summed E-state index contributed by atoms with van der Waals surface area (Å²) >= 11 is 0. The minimum Gasteiger partial charge on any atom is -0.478 e. The molecule has 2 rings (SSSR count). The Morgan fingerprint density at radius 2 is 1.25 bits per heavy atom. The largest absolute Gasteiger partial charge is 0.478 e. The first-order chi connectivity index (χ1) is 16.7. The minimum atomic E-state index is -0.935. The van der Waals surface area contributed by atoms with E-state index in [9.17, 15) is 19.2 Å². The molecule has 0 aliphatic carbocycles. The summed E-state index contributed by atoms with van der Waals surface area (Å²) in [6.07, 6.45) is 0.142. The van der Waals surface area contributed by atoms with E-state index in [1.54, 1.807) is 20.8 Å². The maximum absolute atomic E-state index is 11.0. The van der Waals surface area contributed by atoms with E-state index in [-0.39, 0.29) is 29.6 Å². The molecule has 0 bridgehead atoms. The number of ether oxygens (including phenoxy) is 4. The van der Waals surface area contributed by atoms with E-state index in [4.69, 9.17) is 19.3 Å². The summed E-state index contributed by atoms with van der Waals surface area (Å²) in [5.41, 5.74) is 2.45. The summed E-state index contributed by atoms with van der Waals surface area (Å²) in [5.74, 6) is -1.96. The third-order valence-corrected chi connectivity index (χ3v) is 3.61. The van der Waals surface area contributed by atoms with Crippen LogP contribution in [0.5, 0.6) is 0 Å². The van der Waals surface area contributed by atoms with Gasteiger partial charge in [-0.15, -0.1) is 0 Å². The lowest BCUT2D eigenvalue weighted by atomic mass is 10.2. The first-order valence-corrected chi connectivity index (χ1v) is 10.7. The van der Waals surface area contributed by atoms with Crippen molar-refractivity contribution < 1.29 is 43.2 Å². The van der Waals surface area contributed by atoms with Crippen LogP contribution in [-0.2, 0) is 44.7 Å². The number of carboxylic acid groups (broad SMARTS) is 1. The molecule has 1 aliphatic rings. The van der Waals surface area contributed by atoms with Gasteiger partial charge in [0.05, 0.1) is 13.7 Å². The molecule has 0 saturated carbocycles. The standard InChI is InChI=1S/C11H12O2.C7H10O3.C5H8O2.C4H6O2/c1-9(2)11(12)13-8-10-6-4-3-5-7-10;1-5(2)7(8)10-4-6-3-9-6;1-4(2)5(6)7-3;1-3(2)4(5)6/h3-7H,1,8H2,2H3;6H,1,3-4H2,2H3;1H2,2-3H3;1H2,2H3,(H,5,6). The number of esters is 3. The molecule has 1 aromatic carbocycles. The molecule has 1 fully saturated rings. The van der Waals surface area contributed by atoms with E-state index in [1.165, 1.54) is 14.0 Å². The zero-order valence-corrected chi connectivity index (χ0v) is 21.6. The summed E-state index contributed by atoms with van der Waals surface area (Å²) in [6, 6.07) is 9.55. The smallest absolute Gasteiger partial charge is 0.333 e. The fraction of sp³-hybridized carbons (Fsp3) is 0.333. The average Bonchev–Trinajstić information content (AvgIpc) is 3.66. The molecule has 1 atom stereocenters. The van der Waals surface area contributed by atoms with Gasteiger partial charge in [-0.25, -0.2) is 19.2 Å². The van der Waals surface area contributed by atoms with Crippen LogP contribution in [0.1, 0.15) is 33.3 Å². The zero-order valence-electron chi connectivity index (χ0n) is 21.6. The first kappa shape index (κ1) is 34.2.